The van der Waals surface area contributed by atoms with E-state index in [0.717, 1.165) is 0 Å². The molecule has 0 amide bonds. The highest BCUT2D eigenvalue weighted by Crippen LogP contribution is 2.32. The number of halogens is 2. The minimum absolute atomic E-state index is 0.152. The minimum Gasteiger partial charge on any atom is -0.371 e. The Morgan fingerprint density at radius 1 is 1.00 bits per heavy atom. The van der Waals surface area contributed by atoms with Gasteiger partial charge >= 0.3 is 0 Å². The smallest absolute Gasteiger partial charge is 0.170 e. The molecule has 0 bridgehead atoms. The second kappa shape index (κ2) is 8.35. The van der Waals surface area contributed by atoms with E-state index in [1.54, 1.807) is 19.2 Å². The quantitative estimate of drug-likeness (QED) is 0.574. The summed E-state index contributed by atoms with van der Waals surface area (Å²) in [6.45, 7) is 0.152. The highest BCUT2D eigenvalue weighted by atomic mass is 35.5. The van der Waals surface area contributed by atoms with Gasteiger partial charge in [-0.05, 0) is 24.3 Å². The molecule has 2 aromatic carbocycles. The van der Waals surface area contributed by atoms with Gasteiger partial charge in [0.2, 0.25) is 0 Å². The Kier molecular flexibility index (Phi) is 5.70. The molecule has 0 atom stereocenters. The molecule has 26 heavy (non-hydrogen) atoms. The monoisotopic (exact) mass is 370 g/mol. The first-order valence-electron chi connectivity index (χ1n) is 7.85. The van der Waals surface area contributed by atoms with Gasteiger partial charge in [0.05, 0.1) is 5.69 Å². The summed E-state index contributed by atoms with van der Waals surface area (Å²) in [5, 5.41) is 14.8. The van der Waals surface area contributed by atoms with Crippen LogP contribution in [0.4, 0.5) is 27.4 Å². The van der Waals surface area contributed by atoms with Crippen LogP contribution in [-0.4, -0.2) is 17.0 Å². The molecule has 132 valence electrons. The number of benzene rings is 2. The van der Waals surface area contributed by atoms with E-state index in [9.17, 15) is 4.39 Å². The van der Waals surface area contributed by atoms with Gasteiger partial charge in [-0.3, -0.25) is 0 Å². The number of rotatable bonds is 6. The van der Waals surface area contributed by atoms with E-state index >= 15 is 0 Å². The molecule has 1 aromatic heterocycles. The van der Waals surface area contributed by atoms with Gasteiger partial charge in [0.25, 0.3) is 0 Å². The molecule has 3 rings (SSSR count). The molecule has 0 radical (unpaired) electrons. The summed E-state index contributed by atoms with van der Waals surface area (Å²) in [5.41, 5.74) is 1.47. The van der Waals surface area contributed by atoms with E-state index in [4.69, 9.17) is 11.6 Å². The third-order valence-electron chi connectivity index (χ3n) is 3.58. The van der Waals surface area contributed by atoms with Crippen molar-refractivity contribution in [1.82, 2.24) is 9.97 Å². The zero-order chi connectivity index (χ0) is 18.4. The van der Waals surface area contributed by atoms with Crippen LogP contribution in [0.5, 0.6) is 0 Å². The van der Waals surface area contributed by atoms with Crippen molar-refractivity contribution in [3.8, 4) is 0 Å². The van der Waals surface area contributed by atoms with Crippen molar-refractivity contribution in [2.24, 2.45) is 10.2 Å². The van der Waals surface area contributed by atoms with Crippen LogP contribution in [0, 0.1) is 5.82 Å². The zero-order valence-electron chi connectivity index (χ0n) is 13.9. The third-order valence-corrected chi connectivity index (χ3v) is 3.93. The van der Waals surface area contributed by atoms with Crippen molar-refractivity contribution < 1.29 is 4.39 Å². The fourth-order valence-corrected chi connectivity index (χ4v) is 2.49. The number of anilines is 2. The number of nitrogens with zero attached hydrogens (tertiary/aromatic N) is 4. The molecule has 0 aliphatic rings. The van der Waals surface area contributed by atoms with Crippen LogP contribution in [0.3, 0.4) is 0 Å². The molecule has 0 saturated heterocycles. The fourth-order valence-electron chi connectivity index (χ4n) is 2.26. The Balaban J connectivity index is 1.88. The summed E-state index contributed by atoms with van der Waals surface area (Å²) >= 11 is 6.07. The highest BCUT2D eigenvalue weighted by molar-refractivity contribution is 6.31. The number of hydrogen-bond acceptors (Lipinski definition) is 6. The Labute approximate surface area is 155 Å². The molecule has 1 heterocycles. The van der Waals surface area contributed by atoms with E-state index in [2.05, 4.69) is 30.8 Å². The molecule has 2 N–H and O–H groups in total. The average Bonchev–Trinajstić information content (AvgIpc) is 2.67. The van der Waals surface area contributed by atoms with Crippen molar-refractivity contribution in [2.45, 2.75) is 6.54 Å². The van der Waals surface area contributed by atoms with Gasteiger partial charge in [-0.25, -0.2) is 14.4 Å². The molecule has 0 aliphatic heterocycles. The third kappa shape index (κ3) is 4.12. The topological polar surface area (TPSA) is 74.6 Å². The first-order chi connectivity index (χ1) is 12.7. The molecule has 0 fully saturated rings. The van der Waals surface area contributed by atoms with Crippen molar-refractivity contribution in [3.05, 3.63) is 71.3 Å². The fraction of sp³-hybridized carbons (Fsp3) is 0.111. The highest BCUT2D eigenvalue weighted by Gasteiger charge is 2.12. The Hall–Kier alpha value is -3.06. The number of azo groups is 1. The normalized spacial score (nSPS) is 10.9. The lowest BCUT2D eigenvalue weighted by Crippen LogP contribution is -2.06. The van der Waals surface area contributed by atoms with Crippen LogP contribution in [-0.2, 0) is 6.54 Å². The Morgan fingerprint density at radius 3 is 2.50 bits per heavy atom. The summed E-state index contributed by atoms with van der Waals surface area (Å²) in [6.07, 6.45) is 1.39. The second-order valence-electron chi connectivity index (χ2n) is 5.26. The van der Waals surface area contributed by atoms with E-state index in [-0.39, 0.29) is 12.4 Å². The first-order valence-corrected chi connectivity index (χ1v) is 8.23. The lowest BCUT2D eigenvalue weighted by Gasteiger charge is -2.11. The summed E-state index contributed by atoms with van der Waals surface area (Å²) in [4.78, 5) is 8.34. The molecule has 3 aromatic rings. The van der Waals surface area contributed by atoms with Crippen LogP contribution in [0.15, 0.2) is 65.1 Å². The van der Waals surface area contributed by atoms with Crippen LogP contribution in [0.2, 0.25) is 5.02 Å². The lowest BCUT2D eigenvalue weighted by molar-refractivity contribution is 0.613. The van der Waals surface area contributed by atoms with Gasteiger partial charge in [-0.2, -0.15) is 5.11 Å². The molecular weight excluding hydrogens is 355 g/mol. The van der Waals surface area contributed by atoms with Crippen LogP contribution >= 0.6 is 11.6 Å². The zero-order valence-corrected chi connectivity index (χ0v) is 14.7. The van der Waals surface area contributed by atoms with Gasteiger partial charge < -0.3 is 10.6 Å². The Bertz CT molecular complexity index is 897. The second-order valence-corrected chi connectivity index (χ2v) is 5.67. The van der Waals surface area contributed by atoms with E-state index in [1.807, 2.05) is 30.3 Å². The van der Waals surface area contributed by atoms with Crippen molar-refractivity contribution in [1.29, 1.82) is 0 Å². The van der Waals surface area contributed by atoms with Crippen molar-refractivity contribution in [3.63, 3.8) is 0 Å². The van der Waals surface area contributed by atoms with Gasteiger partial charge in [0.15, 0.2) is 17.3 Å². The maximum Gasteiger partial charge on any atom is 0.170 e. The maximum absolute atomic E-state index is 14.0. The summed E-state index contributed by atoms with van der Waals surface area (Å²) < 4.78 is 14.0. The van der Waals surface area contributed by atoms with Crippen LogP contribution in [0.25, 0.3) is 0 Å². The molecule has 8 heteroatoms. The van der Waals surface area contributed by atoms with Crippen LogP contribution < -0.4 is 10.6 Å². The number of nitrogens with one attached hydrogen (secondary N) is 2. The predicted molar refractivity (Wildman–Crippen MR) is 101 cm³/mol. The molecule has 0 unspecified atom stereocenters. The SMILES string of the molecule is CNc1ncnc(NCc2c(F)cccc2Cl)c1N=Nc1ccccc1. The van der Waals surface area contributed by atoms with Gasteiger partial charge in [-0.15, -0.1) is 5.11 Å². The van der Waals surface area contributed by atoms with Crippen molar-refractivity contribution >= 4 is 34.6 Å². The number of hydrogen-bond donors (Lipinski definition) is 2. The molecule has 0 saturated carbocycles. The van der Waals surface area contributed by atoms with E-state index in [1.165, 1.54) is 12.4 Å². The van der Waals surface area contributed by atoms with Crippen LogP contribution in [0.1, 0.15) is 5.56 Å². The van der Waals surface area contributed by atoms with E-state index in [0.29, 0.717) is 33.6 Å². The standard InChI is InChI=1S/C18H16ClFN6/c1-21-17-16(26-25-12-6-3-2-4-7-12)18(24-11-23-17)22-10-13-14(19)8-5-9-15(13)20/h2-9,11H,10H2,1H3,(H2,21,22,23,24). The summed E-state index contributed by atoms with van der Waals surface area (Å²) in [7, 11) is 1.72. The molecule has 6 nitrogen and oxygen atoms in total. The number of aromatic nitrogens is 2. The predicted octanol–water partition coefficient (Wildman–Crippen LogP) is 5.34. The van der Waals surface area contributed by atoms with Gasteiger partial charge in [-0.1, -0.05) is 35.9 Å². The molecule has 0 spiro atoms. The van der Waals surface area contributed by atoms with Gasteiger partial charge in [0.1, 0.15) is 12.1 Å². The van der Waals surface area contributed by atoms with Crippen molar-refractivity contribution in [2.75, 3.05) is 17.7 Å². The van der Waals surface area contributed by atoms with E-state index < -0.39 is 0 Å². The lowest BCUT2D eigenvalue weighted by atomic mass is 10.2. The molecule has 0 aliphatic carbocycles. The van der Waals surface area contributed by atoms with Gasteiger partial charge in [0, 0.05) is 24.2 Å². The maximum atomic E-state index is 14.0. The first kappa shape index (κ1) is 17.8. The summed E-state index contributed by atoms with van der Waals surface area (Å²) in [5.74, 6) is 0.533. The minimum atomic E-state index is -0.389. The Morgan fingerprint density at radius 2 is 1.77 bits per heavy atom. The molecular formula is C18H16ClFN6. The largest absolute Gasteiger partial charge is 0.371 e. The average molecular weight is 371 g/mol. The summed E-state index contributed by atoms with van der Waals surface area (Å²) in [6, 6.07) is 13.9.